The van der Waals surface area contributed by atoms with Crippen molar-refractivity contribution in [2.24, 2.45) is 4.99 Å². The Bertz CT molecular complexity index is 1520. The Hall–Kier alpha value is -4.23. The Morgan fingerprint density at radius 3 is 2.51 bits per heavy atom. The van der Waals surface area contributed by atoms with Crippen LogP contribution in [0.2, 0.25) is 0 Å². The van der Waals surface area contributed by atoms with E-state index in [1.54, 1.807) is 49.7 Å². The number of benzene rings is 4. The molecule has 0 fully saturated rings. The number of aromatic nitrogens is 1. The fraction of sp³-hybridized carbons (Fsp3) is 0.0357. The molecule has 0 saturated carbocycles. The van der Waals surface area contributed by atoms with Crippen molar-refractivity contribution in [1.82, 2.24) is 4.98 Å². The Morgan fingerprint density at radius 1 is 0.943 bits per heavy atom. The van der Waals surface area contributed by atoms with E-state index in [2.05, 4.69) is 25.9 Å². The summed E-state index contributed by atoms with van der Waals surface area (Å²) < 4.78 is 17.5. The summed E-state index contributed by atoms with van der Waals surface area (Å²) in [4.78, 5) is 21.4. The van der Waals surface area contributed by atoms with Gasteiger partial charge in [-0.2, -0.15) is 0 Å². The van der Waals surface area contributed by atoms with Gasteiger partial charge in [0.25, 0.3) is 0 Å². The van der Waals surface area contributed by atoms with E-state index in [0.717, 1.165) is 27.0 Å². The molecule has 172 valence electrons. The van der Waals surface area contributed by atoms with Crippen LogP contribution in [0.3, 0.4) is 0 Å². The molecule has 0 spiro atoms. The quantitative estimate of drug-likeness (QED) is 0.132. The molecule has 0 aliphatic rings. The van der Waals surface area contributed by atoms with Crippen molar-refractivity contribution in [3.8, 4) is 23.0 Å². The molecule has 4 aromatic carbocycles. The van der Waals surface area contributed by atoms with Gasteiger partial charge >= 0.3 is 5.97 Å². The minimum atomic E-state index is -0.409. The summed E-state index contributed by atoms with van der Waals surface area (Å²) in [7, 11) is 1.62. The molecule has 5 aromatic rings. The van der Waals surface area contributed by atoms with E-state index in [-0.39, 0.29) is 0 Å². The monoisotopic (exact) mass is 526 g/mol. The third-order valence-corrected chi connectivity index (χ3v) is 5.75. The zero-order valence-corrected chi connectivity index (χ0v) is 20.2. The van der Waals surface area contributed by atoms with Gasteiger partial charge in [-0.1, -0.05) is 22.0 Å². The fourth-order valence-electron chi connectivity index (χ4n) is 3.40. The maximum atomic E-state index is 12.3. The van der Waals surface area contributed by atoms with E-state index in [1.807, 2.05) is 54.6 Å². The number of rotatable bonds is 6. The molecular formula is C28H19BrN2O4. The molecule has 0 radical (unpaired) electrons. The molecular weight excluding hydrogens is 508 g/mol. The number of ether oxygens (including phenoxy) is 2. The maximum Gasteiger partial charge on any atom is 0.343 e. The molecule has 0 aliphatic heterocycles. The van der Waals surface area contributed by atoms with Crippen molar-refractivity contribution in [3.05, 3.63) is 107 Å². The first-order valence-corrected chi connectivity index (χ1v) is 11.5. The highest BCUT2D eigenvalue weighted by Crippen LogP contribution is 2.29. The second-order valence-electron chi connectivity index (χ2n) is 7.63. The maximum absolute atomic E-state index is 12.3. The second-order valence-corrected chi connectivity index (χ2v) is 8.54. The van der Waals surface area contributed by atoms with Crippen LogP contribution in [0.25, 0.3) is 22.6 Å². The third kappa shape index (κ3) is 5.31. The molecule has 0 bridgehead atoms. The van der Waals surface area contributed by atoms with Gasteiger partial charge in [0.15, 0.2) is 5.58 Å². The van der Waals surface area contributed by atoms with E-state index < -0.39 is 5.97 Å². The van der Waals surface area contributed by atoms with Gasteiger partial charge in [-0.15, -0.1) is 0 Å². The lowest BCUT2D eigenvalue weighted by molar-refractivity contribution is 0.0734. The van der Waals surface area contributed by atoms with Crippen LogP contribution in [0.4, 0.5) is 5.69 Å². The van der Waals surface area contributed by atoms with Crippen molar-refractivity contribution in [2.75, 3.05) is 7.11 Å². The van der Waals surface area contributed by atoms with E-state index in [9.17, 15) is 4.79 Å². The van der Waals surface area contributed by atoms with Crippen molar-refractivity contribution in [2.45, 2.75) is 0 Å². The van der Waals surface area contributed by atoms with Gasteiger partial charge in [-0.3, -0.25) is 4.99 Å². The molecule has 6 nitrogen and oxygen atoms in total. The lowest BCUT2D eigenvalue weighted by atomic mass is 10.2. The van der Waals surface area contributed by atoms with Crippen molar-refractivity contribution in [3.63, 3.8) is 0 Å². The third-order valence-electron chi connectivity index (χ3n) is 5.22. The molecule has 5 rings (SSSR count). The fourth-order valence-corrected chi connectivity index (χ4v) is 3.66. The van der Waals surface area contributed by atoms with Gasteiger partial charge in [0, 0.05) is 16.3 Å². The number of halogens is 1. The van der Waals surface area contributed by atoms with Gasteiger partial charge in [0.2, 0.25) is 5.89 Å². The van der Waals surface area contributed by atoms with Crippen LogP contribution in [0.5, 0.6) is 11.5 Å². The smallest absolute Gasteiger partial charge is 0.343 e. The molecule has 7 heteroatoms. The first-order valence-electron chi connectivity index (χ1n) is 10.7. The standard InChI is InChI=1S/C28H19BrN2O4/c1-33-24-4-2-3-20(15-24)27-31-25-16-22(11-14-26(25)35-27)30-17-18-5-12-23(13-6-18)34-28(32)19-7-9-21(29)10-8-19/h2-17H,1H3. The van der Waals surface area contributed by atoms with E-state index in [1.165, 1.54) is 0 Å². The van der Waals surface area contributed by atoms with E-state index in [0.29, 0.717) is 28.3 Å². The molecule has 0 unspecified atom stereocenters. The summed E-state index contributed by atoms with van der Waals surface area (Å²) in [5, 5.41) is 0. The normalized spacial score (nSPS) is 11.1. The average Bonchev–Trinajstić information content (AvgIpc) is 3.32. The van der Waals surface area contributed by atoms with Crippen LogP contribution in [0.15, 0.2) is 105 Å². The highest BCUT2D eigenvalue weighted by atomic mass is 79.9. The van der Waals surface area contributed by atoms with Crippen LogP contribution in [-0.2, 0) is 0 Å². The zero-order chi connectivity index (χ0) is 24.2. The van der Waals surface area contributed by atoms with Crippen LogP contribution in [-0.4, -0.2) is 24.3 Å². The largest absolute Gasteiger partial charge is 0.497 e. The number of hydrogen-bond donors (Lipinski definition) is 0. The molecule has 0 aliphatic carbocycles. The number of esters is 1. The summed E-state index contributed by atoms with van der Waals surface area (Å²) in [6.07, 6.45) is 1.74. The first-order chi connectivity index (χ1) is 17.1. The van der Waals surface area contributed by atoms with Crippen LogP contribution < -0.4 is 9.47 Å². The Labute approximate surface area is 210 Å². The molecule has 1 aromatic heterocycles. The minimum absolute atomic E-state index is 0.409. The van der Waals surface area contributed by atoms with E-state index >= 15 is 0 Å². The number of nitrogens with zero attached hydrogens (tertiary/aromatic N) is 2. The van der Waals surface area contributed by atoms with Gasteiger partial charge in [0.05, 0.1) is 18.4 Å². The molecule has 35 heavy (non-hydrogen) atoms. The number of methoxy groups -OCH3 is 1. The predicted octanol–water partition coefficient (Wildman–Crippen LogP) is 7.24. The van der Waals surface area contributed by atoms with Crippen LogP contribution >= 0.6 is 15.9 Å². The first kappa shape index (κ1) is 22.6. The van der Waals surface area contributed by atoms with Gasteiger partial charge in [-0.05, 0) is 90.5 Å². The number of fused-ring (bicyclic) bond motifs is 1. The minimum Gasteiger partial charge on any atom is -0.497 e. The number of carbonyl (C=O) groups excluding carboxylic acids is 1. The molecule has 0 N–H and O–H groups in total. The number of oxazole rings is 1. The highest BCUT2D eigenvalue weighted by molar-refractivity contribution is 9.10. The van der Waals surface area contributed by atoms with Gasteiger partial charge < -0.3 is 13.9 Å². The van der Waals surface area contributed by atoms with Crippen molar-refractivity contribution in [1.29, 1.82) is 0 Å². The zero-order valence-electron chi connectivity index (χ0n) is 18.6. The predicted molar refractivity (Wildman–Crippen MR) is 139 cm³/mol. The average molecular weight is 527 g/mol. The lowest BCUT2D eigenvalue weighted by Gasteiger charge is -2.04. The molecule has 1 heterocycles. The Morgan fingerprint density at radius 2 is 1.74 bits per heavy atom. The summed E-state index contributed by atoms with van der Waals surface area (Å²) in [6, 6.07) is 27.3. The van der Waals surface area contributed by atoms with Crippen molar-refractivity contribution < 1.29 is 18.7 Å². The van der Waals surface area contributed by atoms with Crippen LogP contribution in [0, 0.1) is 0 Å². The number of carbonyl (C=O) groups is 1. The SMILES string of the molecule is COc1cccc(-c2nc3cc(N=Cc4ccc(OC(=O)c5ccc(Br)cc5)cc4)ccc3o2)c1. The van der Waals surface area contributed by atoms with Crippen molar-refractivity contribution >= 4 is 44.9 Å². The summed E-state index contributed by atoms with van der Waals surface area (Å²) >= 11 is 3.35. The summed E-state index contributed by atoms with van der Waals surface area (Å²) in [5.41, 5.74) is 4.33. The summed E-state index contributed by atoms with van der Waals surface area (Å²) in [5.74, 6) is 1.31. The van der Waals surface area contributed by atoms with Crippen LogP contribution in [0.1, 0.15) is 15.9 Å². The Kier molecular flexibility index (Phi) is 6.41. The Balaban J connectivity index is 1.28. The highest BCUT2D eigenvalue weighted by Gasteiger charge is 2.10. The topological polar surface area (TPSA) is 73.9 Å². The van der Waals surface area contributed by atoms with Gasteiger partial charge in [0.1, 0.15) is 17.0 Å². The number of aliphatic imine (C=N–C) groups is 1. The van der Waals surface area contributed by atoms with E-state index in [4.69, 9.17) is 13.9 Å². The second kappa shape index (κ2) is 9.95. The number of hydrogen-bond acceptors (Lipinski definition) is 6. The summed E-state index contributed by atoms with van der Waals surface area (Å²) in [6.45, 7) is 0. The molecule has 0 atom stereocenters. The van der Waals surface area contributed by atoms with Gasteiger partial charge in [-0.25, -0.2) is 9.78 Å². The molecule has 0 saturated heterocycles. The molecule has 0 amide bonds. The lowest BCUT2D eigenvalue weighted by Crippen LogP contribution is -2.08.